The first-order valence-corrected chi connectivity index (χ1v) is 14.3. The summed E-state index contributed by atoms with van der Waals surface area (Å²) in [7, 11) is 1.60. The molecule has 0 saturated carbocycles. The molecule has 3 saturated heterocycles. The third-order valence-electron chi connectivity index (χ3n) is 7.79. The lowest BCUT2D eigenvalue weighted by molar-refractivity contribution is -0.155. The van der Waals surface area contributed by atoms with Crippen molar-refractivity contribution in [2.75, 3.05) is 51.3 Å². The Labute approximate surface area is 241 Å². The van der Waals surface area contributed by atoms with E-state index in [4.69, 9.17) is 14.2 Å². The van der Waals surface area contributed by atoms with Gasteiger partial charge in [0.05, 0.1) is 13.7 Å². The highest BCUT2D eigenvalue weighted by atomic mass is 16.6. The minimum absolute atomic E-state index is 0.181. The molecule has 220 valence electrons. The molecule has 1 atom stereocenters. The van der Waals surface area contributed by atoms with Gasteiger partial charge in [-0.05, 0) is 62.7 Å². The molecule has 3 aliphatic heterocycles. The molecule has 41 heavy (non-hydrogen) atoms. The quantitative estimate of drug-likeness (QED) is 0.472. The standard InChI is InChI=1S/C31H40N4O6/c1-31(2,3)41-30(38)33-17-15-32(16-18-33)24-20-34(21-24)23-7-11-26(12-8-23)40-27-13-14-28(36)35(29(27)37)19-22-5-9-25(39-4)10-6-22/h5-12,24,27H,13-21H2,1-4H3. The van der Waals surface area contributed by atoms with Crippen molar-refractivity contribution < 1.29 is 28.6 Å². The molecular formula is C31H40N4O6. The number of hydrogen-bond acceptors (Lipinski definition) is 8. The lowest BCUT2D eigenvalue weighted by atomic mass is 10.0. The summed E-state index contributed by atoms with van der Waals surface area (Å²) in [6, 6.07) is 15.6. The summed E-state index contributed by atoms with van der Waals surface area (Å²) in [4.78, 5) is 45.8. The molecule has 10 nitrogen and oxygen atoms in total. The van der Waals surface area contributed by atoms with Gasteiger partial charge in [0.15, 0.2) is 6.10 Å². The Hall–Kier alpha value is -3.79. The summed E-state index contributed by atoms with van der Waals surface area (Å²) < 4.78 is 16.7. The first-order valence-electron chi connectivity index (χ1n) is 14.3. The average Bonchev–Trinajstić information content (AvgIpc) is 2.92. The Bertz CT molecular complexity index is 1230. The van der Waals surface area contributed by atoms with E-state index in [1.165, 1.54) is 4.90 Å². The van der Waals surface area contributed by atoms with Crippen LogP contribution >= 0.6 is 0 Å². The highest BCUT2D eigenvalue weighted by molar-refractivity contribution is 6.00. The number of hydrogen-bond donors (Lipinski definition) is 0. The Kier molecular flexibility index (Phi) is 8.40. The predicted octanol–water partition coefficient (Wildman–Crippen LogP) is 3.53. The van der Waals surface area contributed by atoms with E-state index in [0.29, 0.717) is 31.3 Å². The van der Waals surface area contributed by atoms with Crippen molar-refractivity contribution in [1.82, 2.24) is 14.7 Å². The number of nitrogens with zero attached hydrogens (tertiary/aromatic N) is 4. The monoisotopic (exact) mass is 564 g/mol. The fourth-order valence-corrected chi connectivity index (χ4v) is 5.39. The molecule has 3 aliphatic rings. The van der Waals surface area contributed by atoms with Gasteiger partial charge in [0, 0.05) is 63.8 Å². The van der Waals surface area contributed by atoms with Crippen LogP contribution in [0.15, 0.2) is 48.5 Å². The highest BCUT2D eigenvalue weighted by Crippen LogP contribution is 2.28. The lowest BCUT2D eigenvalue weighted by Crippen LogP contribution is -2.63. The first-order chi connectivity index (χ1) is 19.6. The van der Waals surface area contributed by atoms with Crippen LogP contribution in [0, 0.1) is 0 Å². The van der Waals surface area contributed by atoms with Gasteiger partial charge in [-0.1, -0.05) is 12.1 Å². The van der Waals surface area contributed by atoms with E-state index in [2.05, 4.69) is 9.80 Å². The zero-order chi connectivity index (χ0) is 29.1. The van der Waals surface area contributed by atoms with Crippen molar-refractivity contribution in [3.63, 3.8) is 0 Å². The van der Waals surface area contributed by atoms with Crippen molar-refractivity contribution in [2.24, 2.45) is 0 Å². The number of benzene rings is 2. The molecule has 2 aromatic carbocycles. The van der Waals surface area contributed by atoms with Gasteiger partial charge in [0.2, 0.25) is 5.91 Å². The van der Waals surface area contributed by atoms with Crippen LogP contribution in [0.1, 0.15) is 39.2 Å². The lowest BCUT2D eigenvalue weighted by Gasteiger charge is -2.49. The molecule has 0 N–H and O–H groups in total. The van der Waals surface area contributed by atoms with Gasteiger partial charge in [-0.2, -0.15) is 0 Å². The number of carbonyl (C=O) groups excluding carboxylic acids is 3. The SMILES string of the molecule is COc1ccc(CN2C(=O)CCC(Oc3ccc(N4CC(N5CCN(C(=O)OC(C)(C)C)CC5)C4)cc3)C2=O)cc1. The number of ether oxygens (including phenoxy) is 3. The molecule has 0 aromatic heterocycles. The molecule has 0 bridgehead atoms. The molecule has 3 amide bonds. The summed E-state index contributed by atoms with van der Waals surface area (Å²) in [6.07, 6.45) is -0.287. The Morgan fingerprint density at radius 3 is 2.15 bits per heavy atom. The summed E-state index contributed by atoms with van der Waals surface area (Å²) in [6.45, 7) is 10.8. The third kappa shape index (κ3) is 6.93. The van der Waals surface area contributed by atoms with Crippen LogP contribution in [0.4, 0.5) is 10.5 Å². The second kappa shape index (κ2) is 12.0. The minimum atomic E-state index is -0.690. The topological polar surface area (TPSA) is 91.9 Å². The van der Waals surface area contributed by atoms with Crippen molar-refractivity contribution in [3.8, 4) is 11.5 Å². The maximum Gasteiger partial charge on any atom is 0.410 e. The van der Waals surface area contributed by atoms with Crippen molar-refractivity contribution in [1.29, 1.82) is 0 Å². The molecule has 3 fully saturated rings. The Balaban J connectivity index is 1.09. The highest BCUT2D eigenvalue weighted by Gasteiger charge is 2.37. The minimum Gasteiger partial charge on any atom is -0.497 e. The van der Waals surface area contributed by atoms with Gasteiger partial charge in [-0.25, -0.2) is 4.79 Å². The number of piperidine rings is 1. The summed E-state index contributed by atoms with van der Waals surface area (Å²) >= 11 is 0. The van der Waals surface area contributed by atoms with Gasteiger partial charge in [0.25, 0.3) is 5.91 Å². The van der Waals surface area contributed by atoms with Crippen LogP contribution in [0.2, 0.25) is 0 Å². The van der Waals surface area contributed by atoms with Crippen LogP contribution in [-0.4, -0.2) is 96.7 Å². The number of carbonyl (C=O) groups is 3. The first kappa shape index (κ1) is 28.7. The van der Waals surface area contributed by atoms with Gasteiger partial charge >= 0.3 is 6.09 Å². The molecule has 2 aromatic rings. The summed E-state index contributed by atoms with van der Waals surface area (Å²) in [5, 5.41) is 0. The van der Waals surface area contributed by atoms with Crippen LogP contribution in [-0.2, 0) is 20.9 Å². The maximum atomic E-state index is 13.1. The van der Waals surface area contributed by atoms with Gasteiger partial charge in [-0.15, -0.1) is 0 Å². The number of likely N-dealkylation sites (tertiary alicyclic amines) is 1. The van der Waals surface area contributed by atoms with Gasteiger partial charge < -0.3 is 24.0 Å². The van der Waals surface area contributed by atoms with Crippen LogP contribution in [0.5, 0.6) is 11.5 Å². The van der Waals surface area contributed by atoms with E-state index in [1.54, 1.807) is 12.0 Å². The third-order valence-corrected chi connectivity index (χ3v) is 7.79. The second-order valence-corrected chi connectivity index (χ2v) is 11.9. The van der Waals surface area contributed by atoms with Gasteiger partial charge in [0.1, 0.15) is 17.1 Å². The zero-order valence-electron chi connectivity index (χ0n) is 24.4. The van der Waals surface area contributed by atoms with Gasteiger partial charge in [-0.3, -0.25) is 19.4 Å². The summed E-state index contributed by atoms with van der Waals surface area (Å²) in [5.74, 6) is 0.848. The van der Waals surface area contributed by atoms with Crippen LogP contribution in [0.3, 0.4) is 0 Å². The molecule has 5 rings (SSSR count). The van der Waals surface area contributed by atoms with E-state index in [1.807, 2.05) is 69.3 Å². The molecule has 10 heteroatoms. The molecule has 0 spiro atoms. The summed E-state index contributed by atoms with van der Waals surface area (Å²) in [5.41, 5.74) is 1.48. The average molecular weight is 565 g/mol. The molecule has 0 aliphatic carbocycles. The van der Waals surface area contributed by atoms with Crippen molar-refractivity contribution in [3.05, 3.63) is 54.1 Å². The van der Waals surface area contributed by atoms with Crippen LogP contribution in [0.25, 0.3) is 0 Å². The van der Waals surface area contributed by atoms with E-state index in [9.17, 15) is 14.4 Å². The van der Waals surface area contributed by atoms with E-state index in [-0.39, 0.29) is 30.9 Å². The van der Waals surface area contributed by atoms with E-state index >= 15 is 0 Å². The smallest absolute Gasteiger partial charge is 0.410 e. The molecule has 3 heterocycles. The second-order valence-electron chi connectivity index (χ2n) is 11.9. The molecule has 0 radical (unpaired) electrons. The number of imide groups is 1. The Morgan fingerprint density at radius 1 is 0.902 bits per heavy atom. The fourth-order valence-electron chi connectivity index (χ4n) is 5.39. The number of rotatable bonds is 7. The maximum absolute atomic E-state index is 13.1. The number of methoxy groups -OCH3 is 1. The largest absolute Gasteiger partial charge is 0.497 e. The number of anilines is 1. The molecule has 1 unspecified atom stereocenters. The number of piperazine rings is 1. The normalized spacial score (nSPS) is 20.6. The van der Waals surface area contributed by atoms with E-state index < -0.39 is 11.7 Å². The van der Waals surface area contributed by atoms with Crippen molar-refractivity contribution >= 4 is 23.6 Å². The zero-order valence-corrected chi connectivity index (χ0v) is 24.4. The molecular weight excluding hydrogens is 524 g/mol. The fraction of sp³-hybridized carbons (Fsp3) is 0.516. The Morgan fingerprint density at radius 2 is 1.54 bits per heavy atom. The number of amides is 3. The van der Waals surface area contributed by atoms with E-state index in [0.717, 1.165) is 43.2 Å². The van der Waals surface area contributed by atoms with Crippen molar-refractivity contribution in [2.45, 2.75) is 57.9 Å². The van der Waals surface area contributed by atoms with Crippen LogP contribution < -0.4 is 14.4 Å². The predicted molar refractivity (Wildman–Crippen MR) is 154 cm³/mol.